The third-order valence-electron chi connectivity index (χ3n) is 4.62. The number of nitrogens with one attached hydrogen (secondary N) is 2. The maximum atomic E-state index is 12.3. The number of carbonyl (C=O) groups is 2. The van der Waals surface area contributed by atoms with Crippen LogP contribution in [0.15, 0.2) is 64.2 Å². The number of ether oxygens (including phenoxy) is 2. The zero-order chi connectivity index (χ0) is 25.4. The number of hydrazone groups is 1. The lowest BCUT2D eigenvalue weighted by Crippen LogP contribution is -2.20. The van der Waals surface area contributed by atoms with E-state index in [1.54, 1.807) is 48.5 Å². The van der Waals surface area contributed by atoms with E-state index < -0.39 is 0 Å². The van der Waals surface area contributed by atoms with Crippen molar-refractivity contribution in [2.24, 2.45) is 5.10 Å². The Morgan fingerprint density at radius 1 is 1.03 bits per heavy atom. The van der Waals surface area contributed by atoms with Gasteiger partial charge in [-0.3, -0.25) is 9.59 Å². The van der Waals surface area contributed by atoms with Crippen LogP contribution < -0.4 is 20.2 Å². The molecule has 0 aromatic heterocycles. The van der Waals surface area contributed by atoms with Gasteiger partial charge in [-0.15, -0.1) is 0 Å². The van der Waals surface area contributed by atoms with E-state index in [4.69, 9.17) is 32.7 Å². The lowest BCUT2D eigenvalue weighted by atomic mass is 10.2. The van der Waals surface area contributed by atoms with Crippen molar-refractivity contribution in [1.82, 2.24) is 5.43 Å². The highest BCUT2D eigenvalue weighted by Crippen LogP contribution is 2.36. The van der Waals surface area contributed by atoms with Crippen LogP contribution in [0.3, 0.4) is 0 Å². The molecule has 35 heavy (non-hydrogen) atoms. The standard InChI is InChI=1S/C25H22BrCl2N3O4/c1-3-34-22-11-16(13-29-31-25(33)17-5-7-18(26)8-6-17)10-21(28)24(22)35-14-23(32)30-19-9-4-15(2)20(27)12-19/h4-13H,3,14H2,1-2H3,(H,30,32)(H,31,33)/b29-13+. The zero-order valence-electron chi connectivity index (χ0n) is 18.9. The lowest BCUT2D eigenvalue weighted by Gasteiger charge is -2.14. The molecule has 0 unspecified atom stereocenters. The number of nitrogens with zero attached hydrogens (tertiary/aromatic N) is 1. The molecule has 0 atom stereocenters. The van der Waals surface area contributed by atoms with E-state index >= 15 is 0 Å². The molecule has 0 radical (unpaired) electrons. The van der Waals surface area contributed by atoms with Gasteiger partial charge >= 0.3 is 0 Å². The highest BCUT2D eigenvalue weighted by Gasteiger charge is 2.15. The number of hydrogen-bond acceptors (Lipinski definition) is 5. The molecule has 10 heteroatoms. The first-order valence-electron chi connectivity index (χ1n) is 10.5. The number of amides is 2. The number of carbonyl (C=O) groups excluding carboxylic acids is 2. The van der Waals surface area contributed by atoms with Gasteiger partial charge in [-0.05, 0) is 73.5 Å². The first-order valence-corrected chi connectivity index (χ1v) is 12.1. The van der Waals surface area contributed by atoms with Crippen LogP contribution in [0.1, 0.15) is 28.4 Å². The molecule has 0 saturated heterocycles. The topological polar surface area (TPSA) is 89.0 Å². The van der Waals surface area contributed by atoms with Crippen molar-refractivity contribution in [3.05, 3.63) is 85.8 Å². The van der Waals surface area contributed by atoms with Crippen molar-refractivity contribution in [2.45, 2.75) is 13.8 Å². The smallest absolute Gasteiger partial charge is 0.271 e. The SMILES string of the molecule is CCOc1cc(/C=N/NC(=O)c2ccc(Br)cc2)cc(Cl)c1OCC(=O)Nc1ccc(C)c(Cl)c1. The molecule has 0 fully saturated rings. The van der Waals surface area contributed by atoms with E-state index in [2.05, 4.69) is 31.8 Å². The minimum atomic E-state index is -0.385. The van der Waals surface area contributed by atoms with Gasteiger partial charge in [0.2, 0.25) is 0 Å². The summed E-state index contributed by atoms with van der Waals surface area (Å²) in [6, 6.07) is 15.3. The van der Waals surface area contributed by atoms with Crippen LogP contribution >= 0.6 is 39.1 Å². The molecule has 3 rings (SSSR count). The highest BCUT2D eigenvalue weighted by atomic mass is 79.9. The van der Waals surface area contributed by atoms with Gasteiger partial charge in [-0.2, -0.15) is 5.10 Å². The quantitative estimate of drug-likeness (QED) is 0.232. The Balaban J connectivity index is 1.65. The van der Waals surface area contributed by atoms with Gasteiger partial charge in [0.15, 0.2) is 18.1 Å². The first kappa shape index (κ1) is 26.5. The minimum absolute atomic E-state index is 0.224. The molecule has 2 amide bonds. The second-order valence-electron chi connectivity index (χ2n) is 7.27. The summed E-state index contributed by atoms with van der Waals surface area (Å²) >= 11 is 15.8. The van der Waals surface area contributed by atoms with Crippen LogP contribution in [0.5, 0.6) is 11.5 Å². The van der Waals surface area contributed by atoms with Crippen LogP contribution in [0.2, 0.25) is 10.0 Å². The van der Waals surface area contributed by atoms with Gasteiger partial charge in [0, 0.05) is 20.7 Å². The summed E-state index contributed by atoms with van der Waals surface area (Å²) < 4.78 is 12.2. The Morgan fingerprint density at radius 3 is 2.46 bits per heavy atom. The van der Waals surface area contributed by atoms with Crippen molar-refractivity contribution < 1.29 is 19.1 Å². The second kappa shape index (κ2) is 12.6. The molecule has 0 saturated carbocycles. The average molecular weight is 579 g/mol. The van der Waals surface area contributed by atoms with Crippen LogP contribution in [-0.2, 0) is 4.79 Å². The van der Waals surface area contributed by atoms with E-state index in [0.29, 0.717) is 34.2 Å². The van der Waals surface area contributed by atoms with E-state index in [9.17, 15) is 9.59 Å². The fourth-order valence-corrected chi connectivity index (χ4v) is 3.62. The molecule has 0 aliphatic carbocycles. The van der Waals surface area contributed by atoms with E-state index in [1.807, 2.05) is 19.9 Å². The first-order chi connectivity index (χ1) is 16.8. The molecule has 2 N–H and O–H groups in total. The van der Waals surface area contributed by atoms with Gasteiger partial charge in [0.1, 0.15) is 0 Å². The molecule has 3 aromatic rings. The summed E-state index contributed by atoms with van der Waals surface area (Å²) in [4.78, 5) is 24.5. The molecular formula is C25H22BrCl2N3O4. The number of hydrogen-bond donors (Lipinski definition) is 2. The van der Waals surface area contributed by atoms with E-state index in [1.165, 1.54) is 6.21 Å². The van der Waals surface area contributed by atoms with Gasteiger partial charge < -0.3 is 14.8 Å². The molecule has 0 spiro atoms. The van der Waals surface area contributed by atoms with Crippen molar-refractivity contribution in [3.8, 4) is 11.5 Å². The number of aryl methyl sites for hydroxylation is 1. The summed E-state index contributed by atoms with van der Waals surface area (Å²) in [5.74, 6) is -0.177. The Bertz CT molecular complexity index is 1250. The molecule has 182 valence electrons. The fraction of sp³-hybridized carbons (Fsp3) is 0.160. The number of rotatable bonds is 9. The highest BCUT2D eigenvalue weighted by molar-refractivity contribution is 9.10. The lowest BCUT2D eigenvalue weighted by molar-refractivity contribution is -0.118. The van der Waals surface area contributed by atoms with Crippen LogP contribution in [-0.4, -0.2) is 31.2 Å². The van der Waals surface area contributed by atoms with Crippen LogP contribution in [0, 0.1) is 6.92 Å². The molecule has 0 bridgehead atoms. The largest absolute Gasteiger partial charge is 0.490 e. The predicted molar refractivity (Wildman–Crippen MR) is 142 cm³/mol. The Labute approximate surface area is 221 Å². The molecule has 0 aliphatic rings. The normalized spacial score (nSPS) is 10.8. The second-order valence-corrected chi connectivity index (χ2v) is 9.00. The Hall–Kier alpha value is -3.07. The van der Waals surface area contributed by atoms with Crippen LogP contribution in [0.4, 0.5) is 5.69 Å². The third kappa shape index (κ3) is 7.71. The number of benzene rings is 3. The van der Waals surface area contributed by atoms with Gasteiger partial charge in [-0.25, -0.2) is 5.43 Å². The van der Waals surface area contributed by atoms with E-state index in [-0.39, 0.29) is 29.2 Å². The van der Waals surface area contributed by atoms with E-state index in [0.717, 1.165) is 10.0 Å². The van der Waals surface area contributed by atoms with Gasteiger partial charge in [0.25, 0.3) is 11.8 Å². The van der Waals surface area contributed by atoms with Crippen molar-refractivity contribution in [2.75, 3.05) is 18.5 Å². The molecule has 0 aliphatic heterocycles. The summed E-state index contributed by atoms with van der Waals surface area (Å²) in [5.41, 5.74) is 4.96. The summed E-state index contributed by atoms with van der Waals surface area (Å²) in [5, 5.41) is 7.48. The summed E-state index contributed by atoms with van der Waals surface area (Å²) in [6.07, 6.45) is 1.43. The Morgan fingerprint density at radius 2 is 1.77 bits per heavy atom. The van der Waals surface area contributed by atoms with Gasteiger partial charge in [-0.1, -0.05) is 45.2 Å². The molecule has 0 heterocycles. The molecule has 3 aromatic carbocycles. The number of halogens is 3. The van der Waals surface area contributed by atoms with Crippen LogP contribution in [0.25, 0.3) is 0 Å². The van der Waals surface area contributed by atoms with Crippen molar-refractivity contribution >= 4 is 62.8 Å². The summed E-state index contributed by atoms with van der Waals surface area (Å²) in [7, 11) is 0. The maximum Gasteiger partial charge on any atom is 0.271 e. The summed E-state index contributed by atoms with van der Waals surface area (Å²) in [6.45, 7) is 3.74. The number of anilines is 1. The maximum absolute atomic E-state index is 12.3. The van der Waals surface area contributed by atoms with Gasteiger partial charge in [0.05, 0.1) is 17.8 Å². The Kier molecular flexibility index (Phi) is 9.54. The zero-order valence-corrected chi connectivity index (χ0v) is 22.0. The monoisotopic (exact) mass is 577 g/mol. The molecular weight excluding hydrogens is 557 g/mol. The molecule has 7 nitrogen and oxygen atoms in total. The van der Waals surface area contributed by atoms with Crippen molar-refractivity contribution in [1.29, 1.82) is 0 Å². The third-order valence-corrected chi connectivity index (χ3v) is 5.84. The van der Waals surface area contributed by atoms with Crippen molar-refractivity contribution in [3.63, 3.8) is 0 Å². The minimum Gasteiger partial charge on any atom is -0.490 e. The average Bonchev–Trinajstić information content (AvgIpc) is 2.81. The fourth-order valence-electron chi connectivity index (χ4n) is 2.90. The predicted octanol–water partition coefficient (Wildman–Crippen LogP) is 6.24.